The van der Waals surface area contributed by atoms with Gasteiger partial charge in [0.15, 0.2) is 5.78 Å². The van der Waals surface area contributed by atoms with Gasteiger partial charge in [0.2, 0.25) is 0 Å². The third kappa shape index (κ3) is 3.10. The second-order valence-electron chi connectivity index (χ2n) is 5.20. The Balaban J connectivity index is 2.16. The molecule has 1 N–H and O–H groups in total. The molecule has 0 spiro atoms. The maximum atomic E-state index is 12.7. The smallest absolute Gasteiger partial charge is 0.197 e. The number of phenolic OH excluding ortho intramolecular Hbond substituents is 1. The van der Waals surface area contributed by atoms with Crippen molar-refractivity contribution < 1.29 is 18.3 Å². The number of phenols is 1. The molecule has 0 atom stereocenters. The first-order valence-electron chi connectivity index (χ1n) is 7.02. The van der Waals surface area contributed by atoms with Crippen LogP contribution < -0.4 is 0 Å². The molecule has 0 saturated heterocycles. The number of hydrogen-bond acceptors (Lipinski definition) is 4. The van der Waals surface area contributed by atoms with Crippen molar-refractivity contribution in [2.75, 3.05) is 0 Å². The molecule has 116 valence electrons. The molecule has 5 heteroatoms. The molecule has 0 saturated carbocycles. The van der Waals surface area contributed by atoms with Gasteiger partial charge >= 0.3 is 0 Å². The van der Waals surface area contributed by atoms with Gasteiger partial charge in [0.1, 0.15) is 16.5 Å². The number of aromatic hydroxyl groups is 1. The fourth-order valence-electron chi connectivity index (χ4n) is 2.59. The van der Waals surface area contributed by atoms with E-state index >= 15 is 0 Å². The number of rotatable bonds is 4. The van der Waals surface area contributed by atoms with Gasteiger partial charge in [0.25, 0.3) is 0 Å². The lowest BCUT2D eigenvalue weighted by Crippen LogP contribution is -2.02. The van der Waals surface area contributed by atoms with Crippen LogP contribution in [0, 0.1) is 0 Å². The van der Waals surface area contributed by atoms with Gasteiger partial charge in [0.05, 0.1) is 11.3 Å². The van der Waals surface area contributed by atoms with E-state index in [1.54, 1.807) is 48.5 Å². The first-order valence-corrected chi connectivity index (χ1v) is 8.38. The maximum absolute atomic E-state index is 12.7. The van der Waals surface area contributed by atoms with Gasteiger partial charge in [-0.1, -0.05) is 54.6 Å². The van der Waals surface area contributed by atoms with Crippen LogP contribution in [0.4, 0.5) is 0 Å². The number of carbonyl (C=O) groups excluding carboxylic acids is 1. The number of ketones is 1. The van der Waals surface area contributed by atoms with Crippen molar-refractivity contribution in [2.45, 2.75) is 5.75 Å². The average molecular weight is 326 g/mol. The molecule has 0 radical (unpaired) electrons. The molecular formula is C18H14O4S. The van der Waals surface area contributed by atoms with Crippen LogP contribution in [0.1, 0.15) is 21.5 Å². The predicted octanol–water partition coefficient (Wildman–Crippen LogP) is 2.89. The fourth-order valence-corrected chi connectivity index (χ4v) is 3.08. The molecular weight excluding hydrogens is 312 g/mol. The van der Waals surface area contributed by atoms with Crippen molar-refractivity contribution in [3.63, 3.8) is 0 Å². The Labute approximate surface area is 135 Å². The first kappa shape index (κ1) is 15.2. The van der Waals surface area contributed by atoms with Gasteiger partial charge in [-0.25, -0.2) is 8.42 Å². The summed E-state index contributed by atoms with van der Waals surface area (Å²) in [6, 6.07) is 16.9. The highest BCUT2D eigenvalue weighted by atomic mass is 32.2. The van der Waals surface area contributed by atoms with Gasteiger partial charge < -0.3 is 5.11 Å². The molecule has 4 nitrogen and oxygen atoms in total. The summed E-state index contributed by atoms with van der Waals surface area (Å²) in [7, 11) is -2.51. The maximum Gasteiger partial charge on any atom is 0.197 e. The third-order valence-electron chi connectivity index (χ3n) is 3.64. The largest absolute Gasteiger partial charge is 0.507 e. The molecule has 0 unspecified atom stereocenters. The molecule has 0 bridgehead atoms. The summed E-state index contributed by atoms with van der Waals surface area (Å²) in [4.78, 5) is 12.7. The van der Waals surface area contributed by atoms with Crippen LogP contribution in [0.2, 0.25) is 0 Å². The fraction of sp³-hybridized carbons (Fsp3) is 0.0556. The van der Waals surface area contributed by atoms with E-state index in [-0.39, 0.29) is 22.8 Å². The molecule has 0 fully saturated rings. The SMILES string of the molecule is O=C(c1ccccc1)c1c(O)ccc2cc(C[SH](=O)=O)ccc12. The third-order valence-corrected chi connectivity index (χ3v) is 4.26. The topological polar surface area (TPSA) is 71.4 Å². The van der Waals surface area contributed by atoms with Gasteiger partial charge in [-0.3, -0.25) is 4.79 Å². The van der Waals surface area contributed by atoms with E-state index in [0.29, 0.717) is 16.5 Å². The Kier molecular flexibility index (Phi) is 4.12. The Morgan fingerprint density at radius 2 is 1.70 bits per heavy atom. The van der Waals surface area contributed by atoms with Crippen molar-refractivity contribution in [2.24, 2.45) is 0 Å². The summed E-state index contributed by atoms with van der Waals surface area (Å²) in [5.41, 5.74) is 1.37. The highest BCUT2D eigenvalue weighted by Crippen LogP contribution is 2.30. The van der Waals surface area contributed by atoms with E-state index < -0.39 is 10.7 Å². The van der Waals surface area contributed by atoms with E-state index in [0.717, 1.165) is 5.39 Å². The lowest BCUT2D eigenvalue weighted by molar-refractivity contribution is 0.103. The number of benzene rings is 3. The minimum absolute atomic E-state index is 0.0475. The van der Waals surface area contributed by atoms with Crippen LogP contribution in [0.5, 0.6) is 5.75 Å². The zero-order valence-corrected chi connectivity index (χ0v) is 13.0. The molecule has 0 heterocycles. The summed E-state index contributed by atoms with van der Waals surface area (Å²) >= 11 is 0. The Bertz CT molecular complexity index is 951. The molecule has 0 aliphatic rings. The van der Waals surface area contributed by atoms with E-state index in [1.807, 2.05) is 6.07 Å². The lowest BCUT2D eigenvalue weighted by atomic mass is 9.95. The number of carbonyl (C=O) groups is 1. The Morgan fingerprint density at radius 3 is 2.39 bits per heavy atom. The van der Waals surface area contributed by atoms with Crippen molar-refractivity contribution in [1.29, 1.82) is 0 Å². The van der Waals surface area contributed by atoms with Gasteiger partial charge in [-0.2, -0.15) is 0 Å². The second-order valence-corrected chi connectivity index (χ2v) is 6.18. The van der Waals surface area contributed by atoms with Crippen molar-refractivity contribution in [3.8, 4) is 5.75 Å². The molecule has 0 aromatic heterocycles. The number of thiol groups is 1. The molecule has 0 amide bonds. The Hall–Kier alpha value is -2.66. The molecule has 0 aliphatic carbocycles. The van der Waals surface area contributed by atoms with Crippen molar-refractivity contribution >= 4 is 27.3 Å². The van der Waals surface area contributed by atoms with Gasteiger partial charge in [0, 0.05) is 5.56 Å². The van der Waals surface area contributed by atoms with Crippen molar-refractivity contribution in [3.05, 3.63) is 77.4 Å². The minimum atomic E-state index is -2.51. The van der Waals surface area contributed by atoms with E-state index in [4.69, 9.17) is 0 Å². The summed E-state index contributed by atoms with van der Waals surface area (Å²) < 4.78 is 21.7. The van der Waals surface area contributed by atoms with Crippen LogP contribution in [-0.4, -0.2) is 19.3 Å². The highest BCUT2D eigenvalue weighted by Gasteiger charge is 2.17. The van der Waals surface area contributed by atoms with Crippen LogP contribution in [-0.2, 0) is 16.5 Å². The van der Waals surface area contributed by atoms with Crippen LogP contribution >= 0.6 is 0 Å². The quantitative estimate of drug-likeness (QED) is 0.571. The molecule has 0 aliphatic heterocycles. The van der Waals surface area contributed by atoms with Crippen molar-refractivity contribution in [1.82, 2.24) is 0 Å². The summed E-state index contributed by atoms with van der Waals surface area (Å²) in [5, 5.41) is 11.5. The molecule has 3 aromatic carbocycles. The van der Waals surface area contributed by atoms with Crippen LogP contribution in [0.15, 0.2) is 60.7 Å². The zero-order chi connectivity index (χ0) is 16.4. The second kappa shape index (κ2) is 6.22. The first-order chi connectivity index (χ1) is 11.1. The molecule has 23 heavy (non-hydrogen) atoms. The monoisotopic (exact) mass is 326 g/mol. The Morgan fingerprint density at radius 1 is 0.957 bits per heavy atom. The summed E-state index contributed by atoms with van der Waals surface area (Å²) in [6.07, 6.45) is 0. The molecule has 3 rings (SSSR count). The number of fused-ring (bicyclic) bond motifs is 1. The van der Waals surface area contributed by atoms with E-state index in [1.165, 1.54) is 6.07 Å². The summed E-state index contributed by atoms with van der Waals surface area (Å²) in [6.45, 7) is 0. The minimum Gasteiger partial charge on any atom is -0.507 e. The van der Waals surface area contributed by atoms with Crippen LogP contribution in [0.25, 0.3) is 10.8 Å². The summed E-state index contributed by atoms with van der Waals surface area (Å²) in [5.74, 6) is -0.404. The lowest BCUT2D eigenvalue weighted by Gasteiger charge is -2.09. The highest BCUT2D eigenvalue weighted by molar-refractivity contribution is 7.71. The normalized spacial score (nSPS) is 11.0. The number of hydrogen-bond donors (Lipinski definition) is 2. The van der Waals surface area contributed by atoms with E-state index in [9.17, 15) is 18.3 Å². The predicted molar refractivity (Wildman–Crippen MR) is 89.5 cm³/mol. The van der Waals surface area contributed by atoms with E-state index in [2.05, 4.69) is 0 Å². The van der Waals surface area contributed by atoms with Crippen LogP contribution in [0.3, 0.4) is 0 Å². The van der Waals surface area contributed by atoms with Gasteiger partial charge in [-0.05, 0) is 22.4 Å². The van der Waals surface area contributed by atoms with Gasteiger partial charge in [-0.15, -0.1) is 0 Å². The average Bonchev–Trinajstić information content (AvgIpc) is 2.54. The molecule has 3 aromatic rings. The zero-order valence-electron chi connectivity index (χ0n) is 12.1. The standard InChI is InChI=1S/C18H14O4S/c19-16-9-7-14-10-12(11-23(21)22)6-8-15(14)17(16)18(20)13-4-2-1-3-5-13/h1-10,19,23H,11H2.